The highest BCUT2D eigenvalue weighted by atomic mass is 14.8. The Balaban J connectivity index is 2.46. The fraction of sp³-hybridized carbons (Fsp3) is 0.333. The number of nitrogens with one attached hydrogen (secondary N) is 1. The second kappa shape index (κ2) is 5.40. The maximum absolute atomic E-state index is 5.26. The Morgan fingerprint density at radius 2 is 2.00 bits per heavy atom. The van der Waals surface area contributed by atoms with Gasteiger partial charge in [0, 0.05) is 12.1 Å². The highest BCUT2D eigenvalue weighted by Crippen LogP contribution is 2.02. The summed E-state index contributed by atoms with van der Waals surface area (Å²) in [7, 11) is 0. The zero-order valence-electron chi connectivity index (χ0n) is 8.01. The van der Waals surface area contributed by atoms with Crippen molar-refractivity contribution in [3.8, 4) is 12.3 Å². The van der Waals surface area contributed by atoms with Crippen LogP contribution in [0.3, 0.4) is 0 Å². The van der Waals surface area contributed by atoms with Crippen LogP contribution in [0.5, 0.6) is 0 Å². The second-order valence-corrected chi connectivity index (χ2v) is 3.02. The van der Waals surface area contributed by atoms with Crippen molar-refractivity contribution in [2.45, 2.75) is 19.9 Å². The van der Waals surface area contributed by atoms with E-state index in [1.165, 1.54) is 12.0 Å². The quantitative estimate of drug-likeness (QED) is 0.543. The lowest BCUT2D eigenvalue weighted by Gasteiger charge is -2.02. The highest BCUT2D eigenvalue weighted by Gasteiger charge is 1.91. The second-order valence-electron chi connectivity index (χ2n) is 3.02. The molecule has 0 heterocycles. The number of hydrogen-bond donors (Lipinski definition) is 1. The van der Waals surface area contributed by atoms with Crippen molar-refractivity contribution in [1.29, 1.82) is 0 Å². The molecule has 0 amide bonds. The molecule has 0 aliphatic carbocycles. The largest absolute Gasteiger partial charge is 0.313 e. The van der Waals surface area contributed by atoms with E-state index < -0.39 is 0 Å². The summed E-state index contributed by atoms with van der Waals surface area (Å²) >= 11 is 0. The van der Waals surface area contributed by atoms with Gasteiger partial charge in [-0.1, -0.05) is 25.0 Å². The number of hydrogen-bond acceptors (Lipinski definition) is 1. The molecular formula is C12H15N. The topological polar surface area (TPSA) is 12.0 Å². The van der Waals surface area contributed by atoms with Crippen LogP contribution in [0.2, 0.25) is 0 Å². The van der Waals surface area contributed by atoms with E-state index in [1.54, 1.807) is 0 Å². The summed E-state index contributed by atoms with van der Waals surface area (Å²) in [6.07, 6.45) is 6.43. The normalized spacial score (nSPS) is 9.54. The number of rotatable bonds is 4. The molecule has 0 unspecified atom stereocenters. The molecular weight excluding hydrogens is 158 g/mol. The van der Waals surface area contributed by atoms with Crippen LogP contribution >= 0.6 is 0 Å². The molecule has 0 aliphatic heterocycles. The van der Waals surface area contributed by atoms with Crippen LogP contribution in [0.4, 0.5) is 0 Å². The van der Waals surface area contributed by atoms with E-state index in [4.69, 9.17) is 6.42 Å². The van der Waals surface area contributed by atoms with Gasteiger partial charge in [0.25, 0.3) is 0 Å². The first kappa shape index (κ1) is 9.83. The Morgan fingerprint density at radius 3 is 2.54 bits per heavy atom. The molecule has 1 N–H and O–H groups in total. The lowest BCUT2D eigenvalue weighted by atomic mass is 10.1. The van der Waals surface area contributed by atoms with Gasteiger partial charge < -0.3 is 5.32 Å². The first-order chi connectivity index (χ1) is 6.36. The molecule has 0 radical (unpaired) electrons. The zero-order valence-corrected chi connectivity index (χ0v) is 8.01. The minimum absolute atomic E-state index is 0.929. The minimum Gasteiger partial charge on any atom is -0.313 e. The monoisotopic (exact) mass is 173 g/mol. The van der Waals surface area contributed by atoms with Crippen LogP contribution in [0.1, 0.15) is 24.5 Å². The molecule has 1 nitrogen and oxygen atoms in total. The summed E-state index contributed by atoms with van der Waals surface area (Å²) in [5, 5.41) is 3.34. The third-order valence-corrected chi connectivity index (χ3v) is 1.88. The van der Waals surface area contributed by atoms with Crippen molar-refractivity contribution in [2.24, 2.45) is 0 Å². The smallest absolute Gasteiger partial charge is 0.0242 e. The molecule has 1 heteroatoms. The Bertz CT molecular complexity index is 279. The standard InChI is InChI=1S/C12H15N/c1-3-9-13-10-12-7-5-11(4-2)6-8-12/h2,5-8,13H,3,9-10H2,1H3. The maximum Gasteiger partial charge on any atom is 0.0242 e. The molecule has 0 atom stereocenters. The Labute approximate surface area is 80.2 Å². The molecule has 0 aliphatic rings. The van der Waals surface area contributed by atoms with E-state index in [0.29, 0.717) is 0 Å². The van der Waals surface area contributed by atoms with Crippen molar-refractivity contribution in [3.05, 3.63) is 35.4 Å². The predicted octanol–water partition coefficient (Wildman–Crippen LogP) is 2.17. The van der Waals surface area contributed by atoms with Crippen molar-refractivity contribution < 1.29 is 0 Å². The van der Waals surface area contributed by atoms with Crippen molar-refractivity contribution in [2.75, 3.05) is 6.54 Å². The van der Waals surface area contributed by atoms with Crippen LogP contribution in [0, 0.1) is 12.3 Å². The molecule has 1 rings (SSSR count). The number of benzene rings is 1. The van der Waals surface area contributed by atoms with Gasteiger partial charge in [-0.3, -0.25) is 0 Å². The van der Waals surface area contributed by atoms with Gasteiger partial charge in [-0.25, -0.2) is 0 Å². The molecule has 0 saturated carbocycles. The first-order valence-corrected chi connectivity index (χ1v) is 4.63. The highest BCUT2D eigenvalue weighted by molar-refractivity contribution is 5.34. The maximum atomic E-state index is 5.26. The molecule has 13 heavy (non-hydrogen) atoms. The van der Waals surface area contributed by atoms with E-state index in [0.717, 1.165) is 18.7 Å². The third kappa shape index (κ3) is 3.31. The van der Waals surface area contributed by atoms with Gasteiger partial charge >= 0.3 is 0 Å². The van der Waals surface area contributed by atoms with Gasteiger partial charge in [0.15, 0.2) is 0 Å². The summed E-state index contributed by atoms with van der Waals surface area (Å²) in [5.41, 5.74) is 2.23. The Kier molecular flexibility index (Phi) is 4.08. The fourth-order valence-corrected chi connectivity index (χ4v) is 1.13. The van der Waals surface area contributed by atoms with E-state index in [-0.39, 0.29) is 0 Å². The van der Waals surface area contributed by atoms with Crippen LogP contribution in [-0.4, -0.2) is 6.54 Å². The van der Waals surface area contributed by atoms with Gasteiger partial charge in [-0.05, 0) is 30.7 Å². The first-order valence-electron chi connectivity index (χ1n) is 4.63. The summed E-state index contributed by atoms with van der Waals surface area (Å²) in [6.45, 7) is 4.16. The molecule has 0 bridgehead atoms. The van der Waals surface area contributed by atoms with Gasteiger partial charge in [0.2, 0.25) is 0 Å². The van der Waals surface area contributed by atoms with Gasteiger partial charge in [-0.15, -0.1) is 6.42 Å². The van der Waals surface area contributed by atoms with Crippen molar-refractivity contribution >= 4 is 0 Å². The van der Waals surface area contributed by atoms with Crippen LogP contribution in [0.15, 0.2) is 24.3 Å². The lowest BCUT2D eigenvalue weighted by molar-refractivity contribution is 0.675. The average Bonchev–Trinajstić information content (AvgIpc) is 2.19. The Morgan fingerprint density at radius 1 is 1.31 bits per heavy atom. The number of terminal acetylenes is 1. The Hall–Kier alpha value is -1.26. The van der Waals surface area contributed by atoms with Crippen LogP contribution in [0.25, 0.3) is 0 Å². The van der Waals surface area contributed by atoms with E-state index in [1.807, 2.05) is 12.1 Å². The fourth-order valence-electron chi connectivity index (χ4n) is 1.13. The molecule has 0 aromatic heterocycles. The summed E-state index contributed by atoms with van der Waals surface area (Å²) in [6, 6.07) is 8.08. The summed E-state index contributed by atoms with van der Waals surface area (Å²) in [4.78, 5) is 0. The van der Waals surface area contributed by atoms with Crippen LogP contribution in [-0.2, 0) is 6.54 Å². The molecule has 0 saturated heterocycles. The molecule has 1 aromatic rings. The van der Waals surface area contributed by atoms with Crippen molar-refractivity contribution in [3.63, 3.8) is 0 Å². The van der Waals surface area contributed by atoms with Gasteiger partial charge in [0.1, 0.15) is 0 Å². The average molecular weight is 173 g/mol. The van der Waals surface area contributed by atoms with Crippen LogP contribution < -0.4 is 5.32 Å². The minimum atomic E-state index is 0.929. The lowest BCUT2D eigenvalue weighted by Crippen LogP contribution is -2.13. The van der Waals surface area contributed by atoms with Crippen molar-refractivity contribution in [1.82, 2.24) is 5.32 Å². The molecule has 1 aromatic carbocycles. The third-order valence-electron chi connectivity index (χ3n) is 1.88. The van der Waals surface area contributed by atoms with Gasteiger partial charge in [0.05, 0.1) is 0 Å². The summed E-state index contributed by atoms with van der Waals surface area (Å²) in [5.74, 6) is 2.60. The molecule has 68 valence electrons. The molecule has 0 fully saturated rings. The molecule has 0 spiro atoms. The van der Waals surface area contributed by atoms with Gasteiger partial charge in [-0.2, -0.15) is 0 Å². The van der Waals surface area contributed by atoms with E-state index >= 15 is 0 Å². The van der Waals surface area contributed by atoms with E-state index in [2.05, 4.69) is 30.3 Å². The SMILES string of the molecule is C#Cc1ccc(CNCCC)cc1. The predicted molar refractivity (Wildman–Crippen MR) is 56.4 cm³/mol. The van der Waals surface area contributed by atoms with E-state index in [9.17, 15) is 0 Å². The summed E-state index contributed by atoms with van der Waals surface area (Å²) < 4.78 is 0. The zero-order chi connectivity index (χ0) is 9.52.